The summed E-state index contributed by atoms with van der Waals surface area (Å²) < 4.78 is 0. The van der Waals surface area contributed by atoms with Crippen molar-refractivity contribution in [2.24, 2.45) is 0 Å². The van der Waals surface area contributed by atoms with Crippen molar-refractivity contribution >= 4 is 5.69 Å². The van der Waals surface area contributed by atoms with Crippen molar-refractivity contribution in [1.29, 1.82) is 0 Å². The second-order valence-electron chi connectivity index (χ2n) is 2.92. The van der Waals surface area contributed by atoms with Crippen molar-refractivity contribution in [2.75, 3.05) is 18.9 Å². The van der Waals surface area contributed by atoms with E-state index in [1.807, 2.05) is 31.5 Å². The molecule has 2 heteroatoms. The van der Waals surface area contributed by atoms with Gasteiger partial charge in [-0.2, -0.15) is 0 Å². The number of likely N-dealkylation sites (N-methyl/N-ethyl adjacent to an activating group) is 1. The maximum absolute atomic E-state index is 3.23. The zero-order valence-corrected chi connectivity index (χ0v) is 8.17. The number of nitrogens with one attached hydrogen (secondary N) is 2. The van der Waals surface area contributed by atoms with E-state index < -0.39 is 0 Å². The van der Waals surface area contributed by atoms with Crippen molar-refractivity contribution in [3.8, 4) is 0 Å². The van der Waals surface area contributed by atoms with Crippen LogP contribution in [0.1, 0.15) is 5.56 Å². The topological polar surface area (TPSA) is 24.1 Å². The van der Waals surface area contributed by atoms with Crippen molar-refractivity contribution in [3.63, 3.8) is 0 Å². The molecule has 0 radical (unpaired) electrons. The van der Waals surface area contributed by atoms with Crippen LogP contribution in [0.3, 0.4) is 0 Å². The highest BCUT2D eigenvalue weighted by Gasteiger charge is 1.90. The van der Waals surface area contributed by atoms with E-state index in [1.54, 1.807) is 0 Å². The number of para-hydroxylation sites is 1. The van der Waals surface area contributed by atoms with E-state index >= 15 is 0 Å². The minimum absolute atomic E-state index is 0.888. The van der Waals surface area contributed by atoms with Gasteiger partial charge in [-0.1, -0.05) is 24.3 Å². The summed E-state index contributed by atoms with van der Waals surface area (Å²) in [6.45, 7) is 2.98. The zero-order chi connectivity index (χ0) is 9.52. The highest BCUT2D eigenvalue weighted by atomic mass is 14.8. The summed E-state index contributed by atoms with van der Waals surface area (Å²) in [6.07, 6.45) is 4.01. The molecule has 0 amide bonds. The average Bonchev–Trinajstić information content (AvgIpc) is 2.15. The second-order valence-corrected chi connectivity index (χ2v) is 2.92. The number of hydrogen-bond acceptors (Lipinski definition) is 2. The third-order valence-electron chi connectivity index (χ3n) is 1.82. The van der Waals surface area contributed by atoms with Crippen LogP contribution < -0.4 is 10.6 Å². The Labute approximate surface area is 79.7 Å². The first-order valence-corrected chi connectivity index (χ1v) is 4.46. The maximum atomic E-state index is 3.23. The predicted octanol–water partition coefficient (Wildman–Crippen LogP) is 2.14. The van der Waals surface area contributed by atoms with Crippen molar-refractivity contribution in [3.05, 3.63) is 42.1 Å². The number of benzene rings is 1. The van der Waals surface area contributed by atoms with Gasteiger partial charge in [-0.05, 0) is 31.8 Å². The fraction of sp³-hybridized carbons (Fsp3) is 0.273. The van der Waals surface area contributed by atoms with Gasteiger partial charge in [0.25, 0.3) is 0 Å². The van der Waals surface area contributed by atoms with Gasteiger partial charge in [-0.3, -0.25) is 0 Å². The minimum Gasteiger partial charge on any atom is -0.362 e. The predicted molar refractivity (Wildman–Crippen MR) is 57.9 cm³/mol. The summed E-state index contributed by atoms with van der Waals surface area (Å²) in [6, 6.07) is 8.23. The highest BCUT2D eigenvalue weighted by Crippen LogP contribution is 2.12. The quantitative estimate of drug-likeness (QED) is 0.734. The number of hydrogen-bond donors (Lipinski definition) is 2. The second kappa shape index (κ2) is 5.38. The van der Waals surface area contributed by atoms with Crippen LogP contribution in [0.25, 0.3) is 0 Å². The van der Waals surface area contributed by atoms with Crippen molar-refractivity contribution in [1.82, 2.24) is 5.32 Å². The molecular weight excluding hydrogens is 160 g/mol. The number of aryl methyl sites for hydroxylation is 1. The SMILES string of the molecule is CNC/C=C\Nc1ccccc1C. The molecule has 1 rings (SSSR count). The van der Waals surface area contributed by atoms with Crippen LogP contribution in [0.5, 0.6) is 0 Å². The average molecular weight is 176 g/mol. The smallest absolute Gasteiger partial charge is 0.0409 e. The van der Waals surface area contributed by atoms with Gasteiger partial charge in [0.05, 0.1) is 0 Å². The van der Waals surface area contributed by atoms with Crippen LogP contribution in [0.4, 0.5) is 5.69 Å². The Hall–Kier alpha value is -1.28. The molecule has 2 nitrogen and oxygen atoms in total. The van der Waals surface area contributed by atoms with Crippen LogP contribution in [-0.4, -0.2) is 13.6 Å². The lowest BCUT2D eigenvalue weighted by Crippen LogP contribution is -2.04. The lowest BCUT2D eigenvalue weighted by atomic mass is 10.2. The van der Waals surface area contributed by atoms with Gasteiger partial charge in [-0.25, -0.2) is 0 Å². The summed E-state index contributed by atoms with van der Waals surface area (Å²) in [4.78, 5) is 0. The molecule has 0 heterocycles. The van der Waals surface area contributed by atoms with Gasteiger partial charge in [0.1, 0.15) is 0 Å². The molecule has 0 aliphatic carbocycles. The third-order valence-corrected chi connectivity index (χ3v) is 1.82. The summed E-state index contributed by atoms with van der Waals surface area (Å²) in [5.74, 6) is 0. The fourth-order valence-electron chi connectivity index (χ4n) is 1.06. The monoisotopic (exact) mass is 176 g/mol. The molecule has 0 bridgehead atoms. The minimum atomic E-state index is 0.888. The Kier molecular flexibility index (Phi) is 4.06. The summed E-state index contributed by atoms with van der Waals surface area (Å²) in [5.41, 5.74) is 2.42. The first kappa shape index (κ1) is 9.81. The van der Waals surface area contributed by atoms with Gasteiger partial charge >= 0.3 is 0 Å². The van der Waals surface area contributed by atoms with Gasteiger partial charge in [0, 0.05) is 12.2 Å². The molecule has 70 valence electrons. The summed E-state index contributed by atoms with van der Waals surface area (Å²) in [7, 11) is 1.93. The Morgan fingerprint density at radius 1 is 1.31 bits per heavy atom. The van der Waals surface area contributed by atoms with E-state index in [-0.39, 0.29) is 0 Å². The first-order valence-electron chi connectivity index (χ1n) is 4.46. The zero-order valence-electron chi connectivity index (χ0n) is 8.17. The fourth-order valence-corrected chi connectivity index (χ4v) is 1.06. The Morgan fingerprint density at radius 3 is 2.77 bits per heavy atom. The molecule has 0 saturated carbocycles. The largest absolute Gasteiger partial charge is 0.362 e. The standard InChI is InChI=1S/C11H16N2/c1-10-6-3-4-7-11(10)13-9-5-8-12-2/h3-7,9,12-13H,8H2,1-2H3/b9-5-. The summed E-state index contributed by atoms with van der Waals surface area (Å²) >= 11 is 0. The molecule has 0 atom stereocenters. The lowest BCUT2D eigenvalue weighted by Gasteiger charge is -2.03. The van der Waals surface area contributed by atoms with E-state index in [9.17, 15) is 0 Å². The Morgan fingerprint density at radius 2 is 2.08 bits per heavy atom. The van der Waals surface area contributed by atoms with Gasteiger partial charge in [-0.15, -0.1) is 0 Å². The molecule has 1 aromatic rings. The van der Waals surface area contributed by atoms with E-state index in [0.717, 1.165) is 12.2 Å². The van der Waals surface area contributed by atoms with Crippen LogP contribution in [0.15, 0.2) is 36.5 Å². The molecular formula is C11H16N2. The highest BCUT2D eigenvalue weighted by molar-refractivity contribution is 5.51. The van der Waals surface area contributed by atoms with Crippen molar-refractivity contribution in [2.45, 2.75) is 6.92 Å². The van der Waals surface area contributed by atoms with Gasteiger partial charge < -0.3 is 10.6 Å². The first-order chi connectivity index (χ1) is 6.34. The molecule has 0 saturated heterocycles. The number of anilines is 1. The summed E-state index contributed by atoms with van der Waals surface area (Å²) in [5, 5.41) is 6.27. The molecule has 0 fully saturated rings. The third kappa shape index (κ3) is 3.30. The molecule has 2 N–H and O–H groups in total. The molecule has 0 spiro atoms. The molecule has 0 aliphatic heterocycles. The van der Waals surface area contributed by atoms with Crippen LogP contribution in [-0.2, 0) is 0 Å². The maximum Gasteiger partial charge on any atom is 0.0409 e. The van der Waals surface area contributed by atoms with Crippen LogP contribution in [0.2, 0.25) is 0 Å². The Bertz CT molecular complexity index is 279. The van der Waals surface area contributed by atoms with Gasteiger partial charge in [0.15, 0.2) is 0 Å². The van der Waals surface area contributed by atoms with Crippen LogP contribution >= 0.6 is 0 Å². The van der Waals surface area contributed by atoms with E-state index in [1.165, 1.54) is 5.56 Å². The Balaban J connectivity index is 2.49. The lowest BCUT2D eigenvalue weighted by molar-refractivity contribution is 0.919. The molecule has 0 unspecified atom stereocenters. The van der Waals surface area contributed by atoms with Crippen molar-refractivity contribution < 1.29 is 0 Å². The molecule has 13 heavy (non-hydrogen) atoms. The van der Waals surface area contributed by atoms with E-state index in [2.05, 4.69) is 29.7 Å². The molecule has 1 aromatic carbocycles. The number of rotatable bonds is 4. The van der Waals surface area contributed by atoms with Crippen LogP contribution in [0, 0.1) is 6.92 Å². The van der Waals surface area contributed by atoms with Gasteiger partial charge in [0.2, 0.25) is 0 Å². The van der Waals surface area contributed by atoms with E-state index in [0.29, 0.717) is 0 Å². The molecule has 0 aliphatic rings. The molecule has 0 aromatic heterocycles. The van der Waals surface area contributed by atoms with E-state index in [4.69, 9.17) is 0 Å². The normalized spacial score (nSPS) is 10.6.